The summed E-state index contributed by atoms with van der Waals surface area (Å²) in [5, 5.41) is 0. The van der Waals surface area contributed by atoms with E-state index in [1.54, 1.807) is 0 Å². The Hall–Kier alpha value is -2.42. The van der Waals surface area contributed by atoms with Crippen molar-refractivity contribution < 1.29 is 4.79 Å². The summed E-state index contributed by atoms with van der Waals surface area (Å²) in [6, 6.07) is 12.5. The van der Waals surface area contributed by atoms with E-state index in [1.807, 2.05) is 12.1 Å². The molecular formula is C23H25NO2. The van der Waals surface area contributed by atoms with Crippen molar-refractivity contribution in [3.63, 3.8) is 0 Å². The van der Waals surface area contributed by atoms with Crippen LogP contribution >= 0.6 is 0 Å². The van der Waals surface area contributed by atoms with Gasteiger partial charge >= 0.3 is 0 Å². The van der Waals surface area contributed by atoms with E-state index < -0.39 is 0 Å². The second kappa shape index (κ2) is 7.06. The maximum atomic E-state index is 12.5. The topological polar surface area (TPSA) is 49.9 Å². The monoisotopic (exact) mass is 347 g/mol. The molecule has 0 amide bonds. The number of hydrogen-bond acceptors (Lipinski definition) is 2. The molecule has 0 aliphatic heterocycles. The molecule has 2 aliphatic carbocycles. The predicted octanol–water partition coefficient (Wildman–Crippen LogP) is 4.62. The Morgan fingerprint density at radius 3 is 2.42 bits per heavy atom. The highest BCUT2D eigenvalue weighted by molar-refractivity contribution is 5.83. The van der Waals surface area contributed by atoms with Crippen LogP contribution in [0.4, 0.5) is 0 Å². The molecule has 1 atom stereocenters. The molecule has 2 aliphatic rings. The lowest BCUT2D eigenvalue weighted by Crippen LogP contribution is -2.13. The Kier molecular flexibility index (Phi) is 4.62. The fourth-order valence-corrected chi connectivity index (χ4v) is 3.84. The number of pyridine rings is 1. The number of carbonyl (C=O) groups is 1. The minimum Gasteiger partial charge on any atom is -0.322 e. The lowest BCUT2D eigenvalue weighted by molar-refractivity contribution is -0.117. The largest absolute Gasteiger partial charge is 0.322 e. The molecule has 0 unspecified atom stereocenters. The molecule has 0 spiro atoms. The Morgan fingerprint density at radius 1 is 1.08 bits per heavy atom. The number of allylic oxidation sites excluding steroid dienone is 1. The molecule has 0 bridgehead atoms. The van der Waals surface area contributed by atoms with Crippen molar-refractivity contribution in [1.29, 1.82) is 0 Å². The molecule has 2 saturated carbocycles. The Labute approximate surface area is 154 Å². The van der Waals surface area contributed by atoms with Gasteiger partial charge in [0.05, 0.1) is 0 Å². The summed E-state index contributed by atoms with van der Waals surface area (Å²) in [5.74, 6) is 1.04. The van der Waals surface area contributed by atoms with E-state index in [4.69, 9.17) is 0 Å². The van der Waals surface area contributed by atoms with Gasteiger partial charge in [-0.05, 0) is 54.7 Å². The van der Waals surface area contributed by atoms with Gasteiger partial charge in [0.2, 0.25) is 0 Å². The maximum absolute atomic E-state index is 12.5. The molecule has 2 fully saturated rings. The number of rotatable bonds is 5. The minimum atomic E-state index is 0.0311. The van der Waals surface area contributed by atoms with E-state index in [9.17, 15) is 9.59 Å². The second-order valence-electron chi connectivity index (χ2n) is 7.60. The number of H-pyrrole nitrogens is 1. The van der Waals surface area contributed by atoms with Gasteiger partial charge in [-0.25, -0.2) is 0 Å². The number of ketones is 1. The molecule has 1 N–H and O–H groups in total. The second-order valence-corrected chi connectivity index (χ2v) is 7.60. The van der Waals surface area contributed by atoms with Crippen molar-refractivity contribution in [1.82, 2.24) is 4.98 Å². The first-order valence-corrected chi connectivity index (χ1v) is 9.70. The number of carbonyl (C=O) groups excluding carboxylic acids is 1. The number of aryl methyl sites for hydroxylation is 1. The number of aromatic nitrogens is 1. The fraction of sp³-hybridized carbons (Fsp3) is 0.391. The van der Waals surface area contributed by atoms with Crippen LogP contribution in [0, 0.1) is 5.92 Å². The standard InChI is InChI=1S/C23H25NO2/c1-2-15-3-6-18(7-4-15)21(14-16-5-10-19(25)13-16)22-12-11-20(17-8-9-17)23(26)24-22/h3-4,6-7,11-12,14,16-17H,2,5,8-10,13H2,1H3,(H,24,26)/b21-14+/t16-/m0/s1. The highest BCUT2D eigenvalue weighted by atomic mass is 16.1. The van der Waals surface area contributed by atoms with Crippen molar-refractivity contribution in [2.75, 3.05) is 0 Å². The molecule has 1 aromatic carbocycles. The molecule has 2 aromatic rings. The zero-order valence-corrected chi connectivity index (χ0v) is 15.3. The van der Waals surface area contributed by atoms with Gasteiger partial charge in [0, 0.05) is 29.7 Å². The van der Waals surface area contributed by atoms with Gasteiger partial charge in [0.25, 0.3) is 5.56 Å². The molecule has 3 nitrogen and oxygen atoms in total. The quantitative estimate of drug-likeness (QED) is 0.858. The van der Waals surface area contributed by atoms with Crippen molar-refractivity contribution >= 4 is 11.4 Å². The van der Waals surface area contributed by atoms with Gasteiger partial charge in [-0.3, -0.25) is 9.59 Å². The zero-order chi connectivity index (χ0) is 18.1. The van der Waals surface area contributed by atoms with Crippen molar-refractivity contribution in [3.8, 4) is 0 Å². The van der Waals surface area contributed by atoms with Gasteiger partial charge in [0.15, 0.2) is 0 Å². The first-order chi connectivity index (χ1) is 12.6. The van der Waals surface area contributed by atoms with Gasteiger partial charge in [-0.1, -0.05) is 43.3 Å². The van der Waals surface area contributed by atoms with E-state index in [2.05, 4.69) is 42.2 Å². The van der Waals surface area contributed by atoms with E-state index in [0.29, 0.717) is 24.5 Å². The molecule has 3 heteroatoms. The molecule has 1 heterocycles. The third-order valence-corrected chi connectivity index (χ3v) is 5.61. The van der Waals surface area contributed by atoms with Crippen molar-refractivity contribution in [2.24, 2.45) is 5.92 Å². The van der Waals surface area contributed by atoms with E-state index >= 15 is 0 Å². The van der Waals surface area contributed by atoms with Crippen LogP contribution in [-0.4, -0.2) is 10.8 Å². The van der Waals surface area contributed by atoms with Crippen molar-refractivity contribution in [2.45, 2.75) is 51.4 Å². The summed E-state index contributed by atoms with van der Waals surface area (Å²) < 4.78 is 0. The van der Waals surface area contributed by atoms with E-state index in [1.165, 1.54) is 5.56 Å². The molecule has 134 valence electrons. The van der Waals surface area contributed by atoms with Crippen molar-refractivity contribution in [3.05, 3.63) is 75.2 Å². The number of benzene rings is 1. The summed E-state index contributed by atoms with van der Waals surface area (Å²) in [7, 11) is 0. The maximum Gasteiger partial charge on any atom is 0.251 e. The van der Waals surface area contributed by atoms with E-state index in [-0.39, 0.29) is 11.5 Å². The van der Waals surface area contributed by atoms with Crippen LogP contribution in [-0.2, 0) is 11.2 Å². The molecule has 4 rings (SSSR count). The summed E-state index contributed by atoms with van der Waals surface area (Å²) in [6.07, 6.45) is 7.61. The Balaban J connectivity index is 1.74. The Bertz CT molecular complexity index is 901. The first kappa shape index (κ1) is 17.0. The molecule has 0 saturated heterocycles. The van der Waals surface area contributed by atoms with Crippen LogP contribution in [0.2, 0.25) is 0 Å². The average Bonchev–Trinajstić information content (AvgIpc) is 3.41. The normalized spacial score (nSPS) is 20.6. The zero-order valence-electron chi connectivity index (χ0n) is 15.3. The molecule has 1 aromatic heterocycles. The van der Waals surface area contributed by atoms with Gasteiger partial charge < -0.3 is 4.98 Å². The van der Waals surface area contributed by atoms with E-state index in [0.717, 1.165) is 48.1 Å². The molecule has 26 heavy (non-hydrogen) atoms. The number of hydrogen-bond donors (Lipinski definition) is 1. The minimum absolute atomic E-state index is 0.0311. The number of nitrogens with one attached hydrogen (secondary N) is 1. The van der Waals surface area contributed by atoms with Gasteiger partial charge in [0.1, 0.15) is 5.78 Å². The summed E-state index contributed by atoms with van der Waals surface area (Å²) >= 11 is 0. The van der Waals surface area contributed by atoms with Crippen LogP contribution in [0.1, 0.15) is 67.3 Å². The molecule has 0 radical (unpaired) electrons. The lowest BCUT2D eigenvalue weighted by atomic mass is 9.94. The average molecular weight is 347 g/mol. The molecular weight excluding hydrogens is 322 g/mol. The van der Waals surface area contributed by atoms with Crippen LogP contribution in [0.5, 0.6) is 0 Å². The summed E-state index contributed by atoms with van der Waals surface area (Å²) in [6.45, 7) is 2.14. The highest BCUT2D eigenvalue weighted by Crippen LogP contribution is 2.38. The SMILES string of the molecule is CCc1ccc(/C(=C\[C@H]2CCC(=O)C2)c2ccc(C3CC3)c(=O)[nH]2)cc1. The third-order valence-electron chi connectivity index (χ3n) is 5.61. The predicted molar refractivity (Wildman–Crippen MR) is 104 cm³/mol. The summed E-state index contributed by atoms with van der Waals surface area (Å²) in [4.78, 5) is 27.3. The van der Waals surface area contributed by atoms with Gasteiger partial charge in [-0.2, -0.15) is 0 Å². The number of Topliss-reactive ketones (excluding diaryl/α,β-unsaturated/α-hetero) is 1. The fourth-order valence-electron chi connectivity index (χ4n) is 3.84. The number of aromatic amines is 1. The highest BCUT2D eigenvalue weighted by Gasteiger charge is 2.26. The first-order valence-electron chi connectivity index (χ1n) is 9.70. The third kappa shape index (κ3) is 3.57. The Morgan fingerprint density at radius 2 is 1.85 bits per heavy atom. The smallest absolute Gasteiger partial charge is 0.251 e. The van der Waals surface area contributed by atoms with Crippen LogP contribution in [0.25, 0.3) is 5.57 Å². The van der Waals surface area contributed by atoms with Crippen LogP contribution in [0.15, 0.2) is 47.3 Å². The van der Waals surface area contributed by atoms with Crippen LogP contribution < -0.4 is 5.56 Å². The lowest BCUT2D eigenvalue weighted by Gasteiger charge is -2.13. The van der Waals surface area contributed by atoms with Crippen LogP contribution in [0.3, 0.4) is 0 Å². The summed E-state index contributed by atoms with van der Waals surface area (Å²) in [5.41, 5.74) is 5.21. The van der Waals surface area contributed by atoms with Gasteiger partial charge in [-0.15, -0.1) is 0 Å².